The molecule has 0 heterocycles. The molecule has 0 aromatic carbocycles. The molecular formula is C32H62N2O7. The molecular weight excluding hydrogens is 524 g/mol. The minimum absolute atomic E-state index is 0.108. The highest BCUT2D eigenvalue weighted by Gasteiger charge is 2.27. The topological polar surface area (TPSA) is 170 Å². The zero-order valence-corrected chi connectivity index (χ0v) is 26.2. The first kappa shape index (κ1) is 41.3. The van der Waals surface area contributed by atoms with Gasteiger partial charge in [0.15, 0.2) is 0 Å². The first-order chi connectivity index (χ1) is 19.8. The molecule has 2 unspecified atom stereocenters. The maximum atomic E-state index is 12.0. The summed E-state index contributed by atoms with van der Waals surface area (Å²) >= 11 is 0. The average molecular weight is 587 g/mol. The van der Waals surface area contributed by atoms with Crippen molar-refractivity contribution in [2.24, 2.45) is 23.3 Å². The van der Waals surface area contributed by atoms with Crippen molar-refractivity contribution in [2.45, 2.75) is 155 Å². The summed E-state index contributed by atoms with van der Waals surface area (Å²) in [6, 6.07) is 0. The van der Waals surface area contributed by atoms with Gasteiger partial charge < -0.3 is 21.5 Å². The van der Waals surface area contributed by atoms with E-state index < -0.39 is 23.8 Å². The highest BCUT2D eigenvalue weighted by molar-refractivity contribution is 5.99. The van der Waals surface area contributed by atoms with Crippen LogP contribution in [-0.2, 0) is 24.1 Å². The third-order valence-electron chi connectivity index (χ3n) is 7.40. The number of carboxylic acid groups (broad SMARTS) is 1. The van der Waals surface area contributed by atoms with E-state index in [0.29, 0.717) is 45.2 Å². The predicted octanol–water partition coefficient (Wildman–Crippen LogP) is 6.98. The largest absolute Gasteiger partial charge is 0.481 e. The summed E-state index contributed by atoms with van der Waals surface area (Å²) in [7, 11) is 0. The van der Waals surface area contributed by atoms with Crippen LogP contribution in [0.2, 0.25) is 0 Å². The van der Waals surface area contributed by atoms with Gasteiger partial charge in [-0.25, -0.2) is 4.79 Å². The van der Waals surface area contributed by atoms with Crippen LogP contribution in [0.5, 0.6) is 0 Å². The van der Waals surface area contributed by atoms with Crippen molar-refractivity contribution >= 4 is 23.5 Å². The van der Waals surface area contributed by atoms with E-state index in [1.165, 1.54) is 51.4 Å². The van der Waals surface area contributed by atoms with E-state index in [1.807, 2.05) is 0 Å². The predicted molar refractivity (Wildman–Crippen MR) is 164 cm³/mol. The van der Waals surface area contributed by atoms with Crippen LogP contribution < -0.4 is 11.5 Å². The maximum absolute atomic E-state index is 12.0. The van der Waals surface area contributed by atoms with Gasteiger partial charge in [0, 0.05) is 12.8 Å². The molecule has 0 aliphatic rings. The summed E-state index contributed by atoms with van der Waals surface area (Å²) in [6.07, 6.45) is 20.5. The van der Waals surface area contributed by atoms with Crippen LogP contribution >= 0.6 is 0 Å². The van der Waals surface area contributed by atoms with E-state index in [4.69, 9.17) is 21.8 Å². The van der Waals surface area contributed by atoms with Crippen molar-refractivity contribution in [3.05, 3.63) is 0 Å². The number of carboxylic acids is 1. The fourth-order valence-corrected chi connectivity index (χ4v) is 4.74. The lowest BCUT2D eigenvalue weighted by Gasteiger charge is -2.12. The van der Waals surface area contributed by atoms with Gasteiger partial charge in [-0.2, -0.15) is 5.26 Å². The first-order valence-corrected chi connectivity index (χ1v) is 16.3. The molecule has 0 bridgehead atoms. The van der Waals surface area contributed by atoms with Crippen LogP contribution in [0, 0.1) is 11.8 Å². The molecule has 9 heteroatoms. The van der Waals surface area contributed by atoms with Crippen molar-refractivity contribution in [3.63, 3.8) is 0 Å². The molecule has 242 valence electrons. The third-order valence-corrected chi connectivity index (χ3v) is 7.40. The summed E-state index contributed by atoms with van der Waals surface area (Å²) in [5.41, 5.74) is 10.8. The number of carbonyl (C=O) groups excluding carboxylic acids is 3. The Hall–Kier alpha value is -1.84. The van der Waals surface area contributed by atoms with Gasteiger partial charge in [-0.1, -0.05) is 104 Å². The Labute approximate surface area is 249 Å². The lowest BCUT2D eigenvalue weighted by molar-refractivity contribution is -0.238. The molecule has 0 spiro atoms. The molecule has 0 aliphatic heterocycles. The van der Waals surface area contributed by atoms with Crippen LogP contribution in [0.25, 0.3) is 0 Å². The minimum Gasteiger partial charge on any atom is -0.481 e. The molecule has 0 saturated carbocycles. The monoisotopic (exact) mass is 586 g/mol. The molecule has 0 radical (unpaired) electrons. The number of Topliss-reactive ketones (excluding diaryl/α,β-unsaturated/α-hetero) is 2. The molecule has 0 amide bonds. The van der Waals surface area contributed by atoms with Gasteiger partial charge in [0.2, 0.25) is 0 Å². The normalized spacial score (nSPS) is 12.2. The Morgan fingerprint density at radius 1 is 0.561 bits per heavy atom. The van der Waals surface area contributed by atoms with Crippen LogP contribution in [0.3, 0.4) is 0 Å². The number of carbonyl (C=O) groups is 4. The van der Waals surface area contributed by atoms with Gasteiger partial charge in [-0.15, -0.1) is 0 Å². The number of hydrogen-bond acceptors (Lipinski definition) is 8. The number of rotatable bonds is 28. The summed E-state index contributed by atoms with van der Waals surface area (Å²) in [5, 5.41) is 17.6. The van der Waals surface area contributed by atoms with E-state index in [9.17, 15) is 19.2 Å². The van der Waals surface area contributed by atoms with Gasteiger partial charge in [-0.05, 0) is 51.6 Å². The second-order valence-corrected chi connectivity index (χ2v) is 11.1. The fourth-order valence-electron chi connectivity index (χ4n) is 4.74. The maximum Gasteiger partial charge on any atom is 0.352 e. The molecule has 0 aromatic rings. The molecule has 0 fully saturated rings. The number of unbranched alkanes of at least 4 members (excludes halogenated alkanes) is 14. The van der Waals surface area contributed by atoms with Gasteiger partial charge in [0.25, 0.3) is 0 Å². The highest BCUT2D eigenvalue weighted by Crippen LogP contribution is 2.17. The van der Waals surface area contributed by atoms with E-state index in [-0.39, 0.29) is 11.6 Å². The van der Waals surface area contributed by atoms with E-state index >= 15 is 0 Å². The lowest BCUT2D eigenvalue weighted by Crippen LogP contribution is -2.25. The number of ketones is 2. The quantitative estimate of drug-likeness (QED) is 0.0326. The molecule has 41 heavy (non-hydrogen) atoms. The number of nitrogens with two attached hydrogens (primary N) is 2. The Kier molecular flexibility index (Phi) is 31.3. The Bertz CT molecular complexity index is 658. The molecule has 2 atom stereocenters. The van der Waals surface area contributed by atoms with E-state index in [2.05, 4.69) is 18.7 Å². The molecule has 0 aliphatic carbocycles. The van der Waals surface area contributed by atoms with Gasteiger partial charge in [0.1, 0.15) is 23.4 Å². The van der Waals surface area contributed by atoms with Crippen molar-refractivity contribution in [1.82, 2.24) is 0 Å². The number of aliphatic carboxylic acids is 1. The van der Waals surface area contributed by atoms with E-state index in [0.717, 1.165) is 57.8 Å². The smallest absolute Gasteiger partial charge is 0.352 e. The first-order valence-electron chi connectivity index (χ1n) is 16.3. The Morgan fingerprint density at radius 3 is 1.29 bits per heavy atom. The van der Waals surface area contributed by atoms with Crippen LogP contribution in [0.15, 0.2) is 0 Å². The SMILES string of the molecule is CCCCCCCCCC(=O)C(CCCCN)C(=O)O.CCCCCCCCCC(=O)C(CCCCN)C(=O)OO. The van der Waals surface area contributed by atoms with Crippen molar-refractivity contribution in [2.75, 3.05) is 13.1 Å². The minimum atomic E-state index is -0.977. The van der Waals surface area contributed by atoms with Gasteiger partial charge in [0.05, 0.1) is 0 Å². The van der Waals surface area contributed by atoms with Crippen LogP contribution in [-0.4, -0.2) is 47.0 Å². The molecule has 9 nitrogen and oxygen atoms in total. The summed E-state index contributed by atoms with van der Waals surface area (Å²) in [5.74, 6) is -3.69. The molecule has 6 N–H and O–H groups in total. The molecule has 0 aromatic heterocycles. The van der Waals surface area contributed by atoms with Crippen LogP contribution in [0.1, 0.15) is 155 Å². The summed E-state index contributed by atoms with van der Waals surface area (Å²) in [4.78, 5) is 50.2. The van der Waals surface area contributed by atoms with Crippen molar-refractivity contribution in [1.29, 1.82) is 0 Å². The molecule has 0 rings (SSSR count). The average Bonchev–Trinajstić information content (AvgIpc) is 2.96. The molecule has 0 saturated heterocycles. The lowest BCUT2D eigenvalue weighted by atomic mass is 9.93. The third kappa shape index (κ3) is 25.6. The van der Waals surface area contributed by atoms with Gasteiger partial charge >= 0.3 is 11.9 Å². The Balaban J connectivity index is 0. The van der Waals surface area contributed by atoms with Gasteiger partial charge in [-0.3, -0.25) is 14.4 Å². The summed E-state index contributed by atoms with van der Waals surface area (Å²) < 4.78 is 0. The van der Waals surface area contributed by atoms with Crippen LogP contribution in [0.4, 0.5) is 0 Å². The zero-order chi connectivity index (χ0) is 31.1. The van der Waals surface area contributed by atoms with Crippen molar-refractivity contribution < 1.29 is 34.4 Å². The highest BCUT2D eigenvalue weighted by atomic mass is 17.1. The van der Waals surface area contributed by atoms with E-state index in [1.54, 1.807) is 0 Å². The Morgan fingerprint density at radius 2 is 0.927 bits per heavy atom. The second kappa shape index (κ2) is 31.1. The fraction of sp³-hybridized carbons (Fsp3) is 0.875. The van der Waals surface area contributed by atoms with Crippen molar-refractivity contribution in [3.8, 4) is 0 Å². The standard InChI is InChI=1S/C16H31NO4.C16H31NO3/c1-2-3-4-5-6-7-8-12-15(18)14(16(19)21-20)11-9-10-13-17;1-2-3-4-5-6-7-8-12-15(18)14(16(19)20)11-9-10-13-17/h14,20H,2-13,17H2,1H3;14H,2-13,17H2,1H3,(H,19,20). The number of hydrogen-bond donors (Lipinski definition) is 4. The summed E-state index contributed by atoms with van der Waals surface area (Å²) in [6.45, 7) is 5.46. The zero-order valence-electron chi connectivity index (χ0n) is 26.2. The second-order valence-electron chi connectivity index (χ2n) is 11.1.